The molecule has 3 rings (SSSR count). The smallest absolute Gasteiger partial charge is 0.268 e. The van der Waals surface area contributed by atoms with Gasteiger partial charge in [0, 0.05) is 24.5 Å². The van der Waals surface area contributed by atoms with E-state index in [1.807, 2.05) is 6.07 Å². The van der Waals surface area contributed by atoms with Gasteiger partial charge < -0.3 is 15.2 Å². The number of amides is 1. The molecule has 1 aliphatic carbocycles. The van der Waals surface area contributed by atoms with E-state index in [9.17, 15) is 10.1 Å². The van der Waals surface area contributed by atoms with E-state index < -0.39 is 17.5 Å². The topological polar surface area (TPSA) is 84.8 Å². The number of aromatic nitrogens is 2. The van der Waals surface area contributed by atoms with Gasteiger partial charge in [0.2, 0.25) is 5.67 Å². The number of nitrogens with one attached hydrogen (secondary N) is 2. The molecule has 3 atom stereocenters. The van der Waals surface area contributed by atoms with Gasteiger partial charge in [0.05, 0.1) is 12.2 Å². The zero-order chi connectivity index (χ0) is 17.2. The third-order valence-electron chi connectivity index (χ3n) is 4.69. The Morgan fingerprint density at radius 2 is 2.42 bits per heavy atom. The van der Waals surface area contributed by atoms with Gasteiger partial charge in [-0.1, -0.05) is 18.2 Å². The van der Waals surface area contributed by atoms with Crippen LogP contribution in [0.2, 0.25) is 0 Å². The number of imidazole rings is 1. The van der Waals surface area contributed by atoms with Crippen LogP contribution in [-0.4, -0.2) is 46.2 Å². The number of likely N-dealkylation sites (tertiary alicyclic amines) is 1. The lowest BCUT2D eigenvalue weighted by atomic mass is 9.78. The van der Waals surface area contributed by atoms with E-state index in [2.05, 4.69) is 15.3 Å². The van der Waals surface area contributed by atoms with Crippen LogP contribution in [0, 0.1) is 17.2 Å². The maximum Gasteiger partial charge on any atom is 0.268 e. The van der Waals surface area contributed by atoms with Crippen molar-refractivity contribution < 1.29 is 9.18 Å². The molecule has 1 aromatic rings. The van der Waals surface area contributed by atoms with Crippen molar-refractivity contribution in [2.45, 2.75) is 31.1 Å². The molecule has 2 heterocycles. The first-order valence-corrected chi connectivity index (χ1v) is 8.08. The minimum atomic E-state index is -2.45. The number of piperidine rings is 1. The van der Waals surface area contributed by atoms with E-state index in [0.29, 0.717) is 6.54 Å². The van der Waals surface area contributed by atoms with Crippen molar-refractivity contribution in [2.75, 3.05) is 13.6 Å². The summed E-state index contributed by atoms with van der Waals surface area (Å²) in [4.78, 5) is 21.6. The third-order valence-corrected chi connectivity index (χ3v) is 4.69. The molecule has 1 aromatic heterocycles. The van der Waals surface area contributed by atoms with Gasteiger partial charge in [0.15, 0.2) is 0 Å². The molecule has 2 N–H and O–H groups in total. The molecule has 126 valence electrons. The van der Waals surface area contributed by atoms with E-state index in [-0.39, 0.29) is 17.6 Å². The number of hydrogen-bond acceptors (Lipinski definition) is 4. The SMILES string of the molecule is CNC1CCCCN1C(=O)C1(F)C(c2ncc[nH]2)=CC=CC1C#N. The molecule has 0 saturated carbocycles. The molecule has 0 aromatic carbocycles. The highest BCUT2D eigenvalue weighted by atomic mass is 19.1. The van der Waals surface area contributed by atoms with Crippen molar-refractivity contribution in [3.8, 4) is 6.07 Å². The number of alkyl halides is 1. The van der Waals surface area contributed by atoms with Crippen molar-refractivity contribution in [3.05, 3.63) is 36.4 Å². The summed E-state index contributed by atoms with van der Waals surface area (Å²) in [5.74, 6) is -1.59. The number of rotatable bonds is 3. The molecular formula is C17H20FN5O. The van der Waals surface area contributed by atoms with Gasteiger partial charge in [0.25, 0.3) is 5.91 Å². The first-order valence-electron chi connectivity index (χ1n) is 8.08. The van der Waals surface area contributed by atoms with Crippen LogP contribution in [0.4, 0.5) is 4.39 Å². The Kier molecular flexibility index (Phi) is 4.49. The molecule has 1 fully saturated rings. The molecule has 2 aliphatic rings. The molecular weight excluding hydrogens is 309 g/mol. The van der Waals surface area contributed by atoms with Crippen molar-refractivity contribution in [3.63, 3.8) is 0 Å². The lowest BCUT2D eigenvalue weighted by Crippen LogP contribution is -2.58. The van der Waals surface area contributed by atoms with E-state index in [1.54, 1.807) is 19.3 Å². The predicted molar refractivity (Wildman–Crippen MR) is 87.1 cm³/mol. The Morgan fingerprint density at radius 3 is 3.08 bits per heavy atom. The monoisotopic (exact) mass is 329 g/mol. The Bertz CT molecular complexity index is 705. The van der Waals surface area contributed by atoms with Gasteiger partial charge in [-0.2, -0.15) is 5.26 Å². The fourth-order valence-corrected chi connectivity index (χ4v) is 3.41. The van der Waals surface area contributed by atoms with Gasteiger partial charge in [-0.25, -0.2) is 9.37 Å². The van der Waals surface area contributed by atoms with Crippen LogP contribution in [0.5, 0.6) is 0 Å². The zero-order valence-electron chi connectivity index (χ0n) is 13.5. The number of carbonyl (C=O) groups is 1. The molecule has 0 spiro atoms. The van der Waals surface area contributed by atoms with Gasteiger partial charge in [-0.3, -0.25) is 4.79 Å². The number of nitrogens with zero attached hydrogens (tertiary/aromatic N) is 3. The summed E-state index contributed by atoms with van der Waals surface area (Å²) >= 11 is 0. The standard InChI is InChI=1S/C17H20FN5O/c1-20-14-7-2-3-10-23(14)16(24)17(18)12(11-19)5-4-6-13(17)15-21-8-9-22-15/h4-6,8-9,12,14,20H,2-3,7,10H2,1H3,(H,21,22). The second kappa shape index (κ2) is 6.57. The second-order valence-electron chi connectivity index (χ2n) is 6.02. The molecule has 6 nitrogen and oxygen atoms in total. The zero-order valence-corrected chi connectivity index (χ0v) is 13.5. The summed E-state index contributed by atoms with van der Waals surface area (Å²) in [6.45, 7) is 0.476. The number of aromatic amines is 1. The van der Waals surface area contributed by atoms with Gasteiger partial charge in [-0.05, 0) is 26.3 Å². The lowest BCUT2D eigenvalue weighted by molar-refractivity contribution is -0.146. The quantitative estimate of drug-likeness (QED) is 0.885. The van der Waals surface area contributed by atoms with E-state index >= 15 is 4.39 Å². The number of allylic oxidation sites excluding steroid dienone is 3. The maximum atomic E-state index is 16.1. The van der Waals surface area contributed by atoms with Crippen LogP contribution in [0.1, 0.15) is 25.1 Å². The molecule has 0 radical (unpaired) electrons. The molecule has 7 heteroatoms. The van der Waals surface area contributed by atoms with E-state index in [0.717, 1.165) is 19.3 Å². The average Bonchev–Trinajstić information content (AvgIpc) is 3.15. The number of H-pyrrole nitrogens is 1. The minimum absolute atomic E-state index is 0.104. The fourth-order valence-electron chi connectivity index (χ4n) is 3.41. The Balaban J connectivity index is 2.03. The van der Waals surface area contributed by atoms with E-state index in [4.69, 9.17) is 0 Å². The van der Waals surface area contributed by atoms with Crippen LogP contribution < -0.4 is 5.32 Å². The van der Waals surface area contributed by atoms with Crippen LogP contribution >= 0.6 is 0 Å². The van der Waals surface area contributed by atoms with Gasteiger partial charge in [-0.15, -0.1) is 0 Å². The number of nitriles is 1. The molecule has 1 saturated heterocycles. The molecule has 1 aliphatic heterocycles. The number of hydrogen-bond donors (Lipinski definition) is 2. The van der Waals surface area contributed by atoms with Crippen LogP contribution in [0.3, 0.4) is 0 Å². The summed E-state index contributed by atoms with van der Waals surface area (Å²) in [5, 5.41) is 12.5. The van der Waals surface area contributed by atoms with Crippen molar-refractivity contribution in [2.24, 2.45) is 5.92 Å². The average molecular weight is 329 g/mol. The molecule has 24 heavy (non-hydrogen) atoms. The van der Waals surface area contributed by atoms with Crippen LogP contribution in [-0.2, 0) is 4.79 Å². The molecule has 3 unspecified atom stereocenters. The maximum absolute atomic E-state index is 16.1. The summed E-state index contributed by atoms with van der Waals surface area (Å²) in [7, 11) is 1.76. The predicted octanol–water partition coefficient (Wildman–Crippen LogP) is 1.77. The number of carbonyl (C=O) groups excluding carboxylic acids is 1. The minimum Gasteiger partial charge on any atom is -0.345 e. The first-order chi connectivity index (χ1) is 11.6. The summed E-state index contributed by atoms with van der Waals surface area (Å²) < 4.78 is 16.1. The summed E-state index contributed by atoms with van der Waals surface area (Å²) in [6, 6.07) is 1.93. The highest BCUT2D eigenvalue weighted by Gasteiger charge is 2.54. The highest BCUT2D eigenvalue weighted by molar-refractivity contribution is 6.00. The Morgan fingerprint density at radius 1 is 1.58 bits per heavy atom. The molecule has 1 amide bonds. The molecule has 0 bridgehead atoms. The Labute approximate surface area is 140 Å². The van der Waals surface area contributed by atoms with Gasteiger partial charge in [0.1, 0.15) is 11.7 Å². The highest BCUT2D eigenvalue weighted by Crippen LogP contribution is 2.41. The van der Waals surface area contributed by atoms with Crippen molar-refractivity contribution in [1.29, 1.82) is 5.26 Å². The van der Waals surface area contributed by atoms with Crippen molar-refractivity contribution >= 4 is 11.5 Å². The van der Waals surface area contributed by atoms with Crippen LogP contribution in [0.15, 0.2) is 30.6 Å². The summed E-state index contributed by atoms with van der Waals surface area (Å²) in [5.41, 5.74) is -2.35. The number of halogens is 1. The fraction of sp³-hybridized carbons (Fsp3) is 0.471. The normalized spacial score (nSPS) is 29.9. The second-order valence-corrected chi connectivity index (χ2v) is 6.02. The Hall–Kier alpha value is -2.46. The third kappa shape index (κ3) is 2.53. The lowest BCUT2D eigenvalue weighted by Gasteiger charge is -2.41. The first kappa shape index (κ1) is 16.4. The van der Waals surface area contributed by atoms with Gasteiger partial charge >= 0.3 is 0 Å². The summed E-state index contributed by atoms with van der Waals surface area (Å²) in [6.07, 6.45) is 9.97. The van der Waals surface area contributed by atoms with Crippen LogP contribution in [0.25, 0.3) is 5.57 Å². The van der Waals surface area contributed by atoms with Crippen molar-refractivity contribution in [1.82, 2.24) is 20.2 Å². The largest absolute Gasteiger partial charge is 0.345 e. The van der Waals surface area contributed by atoms with E-state index in [1.165, 1.54) is 23.2 Å².